The lowest BCUT2D eigenvalue weighted by atomic mass is 10.00. The Balaban J connectivity index is 1.79. The van der Waals surface area contributed by atoms with Gasteiger partial charge in [0.2, 0.25) is 0 Å². The van der Waals surface area contributed by atoms with Crippen molar-refractivity contribution in [2.45, 2.75) is 25.7 Å². The maximum absolute atomic E-state index is 11.7. The first-order chi connectivity index (χ1) is 11.0. The van der Waals surface area contributed by atoms with E-state index in [1.54, 1.807) is 0 Å². The number of carbonyl (C=O) groups is 2. The number of phenols is 3. The van der Waals surface area contributed by atoms with Gasteiger partial charge >= 0.3 is 11.9 Å². The fourth-order valence-corrected chi connectivity index (χ4v) is 2.19. The summed E-state index contributed by atoms with van der Waals surface area (Å²) in [5.41, 5.74) is 0.523. The molecule has 0 amide bonds. The summed E-state index contributed by atoms with van der Waals surface area (Å²) in [6.07, 6.45) is 5.46. The van der Waals surface area contributed by atoms with Crippen LogP contribution in [-0.2, 0) is 14.3 Å². The largest absolute Gasteiger partial charge is 0.504 e. The Hall–Kier alpha value is -2.70. The Morgan fingerprint density at radius 2 is 1.57 bits per heavy atom. The molecule has 0 aromatic heterocycles. The minimum atomic E-state index is -0.816. The summed E-state index contributed by atoms with van der Waals surface area (Å²) in [6.45, 7) is -0.238. The number of allylic oxidation sites excluding steroid dienone is 1. The SMILES string of the molecule is O=C(OCCOC(=O)c1cc(O)c(O)c(O)c1)C1=CCCCC1. The highest BCUT2D eigenvalue weighted by Gasteiger charge is 2.16. The average molecular weight is 322 g/mol. The third kappa shape index (κ3) is 4.38. The van der Waals surface area contributed by atoms with E-state index in [1.807, 2.05) is 6.08 Å². The van der Waals surface area contributed by atoms with Gasteiger partial charge in [-0.3, -0.25) is 0 Å². The van der Waals surface area contributed by atoms with E-state index in [9.17, 15) is 24.9 Å². The standard InChI is InChI=1S/C16H18O7/c17-12-8-11(9-13(18)14(12)19)16(21)23-7-6-22-15(20)10-4-2-1-3-5-10/h4,8-9,17-19H,1-3,5-7H2. The van der Waals surface area contributed by atoms with Gasteiger partial charge in [0.15, 0.2) is 17.2 Å². The van der Waals surface area contributed by atoms with Crippen LogP contribution in [0.2, 0.25) is 0 Å². The third-order valence-corrected chi connectivity index (χ3v) is 3.41. The van der Waals surface area contributed by atoms with Crippen molar-refractivity contribution in [3.63, 3.8) is 0 Å². The number of esters is 2. The van der Waals surface area contributed by atoms with Crippen molar-refractivity contribution in [1.29, 1.82) is 0 Å². The van der Waals surface area contributed by atoms with Gasteiger partial charge in [0.1, 0.15) is 13.2 Å². The molecule has 0 fully saturated rings. The molecule has 0 spiro atoms. The summed E-state index contributed by atoms with van der Waals surface area (Å²) in [5.74, 6) is -3.19. The minimum Gasteiger partial charge on any atom is -0.504 e. The number of ether oxygens (including phenoxy) is 2. The van der Waals surface area contributed by atoms with Gasteiger partial charge in [0.25, 0.3) is 0 Å². The summed E-state index contributed by atoms with van der Waals surface area (Å²) in [4.78, 5) is 23.4. The average Bonchev–Trinajstić information content (AvgIpc) is 2.56. The number of carbonyl (C=O) groups excluding carboxylic acids is 2. The zero-order chi connectivity index (χ0) is 16.8. The van der Waals surface area contributed by atoms with Gasteiger partial charge in [-0.2, -0.15) is 0 Å². The molecule has 23 heavy (non-hydrogen) atoms. The highest BCUT2D eigenvalue weighted by atomic mass is 16.6. The van der Waals surface area contributed by atoms with Crippen molar-refractivity contribution in [2.24, 2.45) is 0 Å². The molecule has 0 unspecified atom stereocenters. The first kappa shape index (κ1) is 16.7. The van der Waals surface area contributed by atoms with E-state index in [2.05, 4.69) is 0 Å². The molecule has 1 aliphatic carbocycles. The number of phenolic OH excluding ortho intramolecular Hbond substituents is 3. The number of rotatable bonds is 5. The second-order valence-electron chi connectivity index (χ2n) is 5.11. The van der Waals surface area contributed by atoms with Gasteiger partial charge in [0.05, 0.1) is 5.56 Å². The Bertz CT molecular complexity index is 610. The Kier molecular flexibility index (Phi) is 5.46. The van der Waals surface area contributed by atoms with Crippen LogP contribution in [0.3, 0.4) is 0 Å². The zero-order valence-electron chi connectivity index (χ0n) is 12.4. The molecule has 2 rings (SSSR count). The number of aromatic hydroxyl groups is 3. The second-order valence-corrected chi connectivity index (χ2v) is 5.11. The summed E-state index contributed by atoms with van der Waals surface area (Å²) in [7, 11) is 0. The maximum Gasteiger partial charge on any atom is 0.338 e. The van der Waals surface area contributed by atoms with E-state index < -0.39 is 29.2 Å². The molecule has 0 saturated carbocycles. The van der Waals surface area contributed by atoms with Crippen molar-refractivity contribution in [3.8, 4) is 17.2 Å². The fourth-order valence-electron chi connectivity index (χ4n) is 2.19. The van der Waals surface area contributed by atoms with Crippen LogP contribution in [0.1, 0.15) is 36.0 Å². The van der Waals surface area contributed by atoms with Crippen molar-refractivity contribution >= 4 is 11.9 Å². The molecular formula is C16H18O7. The van der Waals surface area contributed by atoms with E-state index in [0.29, 0.717) is 12.0 Å². The Morgan fingerprint density at radius 3 is 2.13 bits per heavy atom. The smallest absolute Gasteiger partial charge is 0.338 e. The van der Waals surface area contributed by atoms with Gasteiger partial charge < -0.3 is 24.8 Å². The molecule has 1 aliphatic rings. The van der Waals surface area contributed by atoms with Gasteiger partial charge in [-0.05, 0) is 37.8 Å². The monoisotopic (exact) mass is 322 g/mol. The molecule has 0 bridgehead atoms. The second kappa shape index (κ2) is 7.53. The summed E-state index contributed by atoms with van der Waals surface area (Å²) in [6, 6.07) is 1.94. The Labute approximate surface area is 132 Å². The van der Waals surface area contributed by atoms with Crippen LogP contribution in [0.15, 0.2) is 23.8 Å². The molecule has 0 aliphatic heterocycles. The van der Waals surface area contributed by atoms with Crippen LogP contribution >= 0.6 is 0 Å². The van der Waals surface area contributed by atoms with Gasteiger partial charge in [-0.15, -0.1) is 0 Å². The quantitative estimate of drug-likeness (QED) is 0.431. The van der Waals surface area contributed by atoms with Crippen LogP contribution in [0, 0.1) is 0 Å². The van der Waals surface area contributed by atoms with Crippen molar-refractivity contribution in [2.75, 3.05) is 13.2 Å². The molecule has 0 radical (unpaired) electrons. The van der Waals surface area contributed by atoms with E-state index >= 15 is 0 Å². The van der Waals surface area contributed by atoms with Crippen molar-refractivity contribution in [1.82, 2.24) is 0 Å². The highest BCUT2D eigenvalue weighted by molar-refractivity contribution is 5.91. The van der Waals surface area contributed by atoms with Crippen LogP contribution in [0.5, 0.6) is 17.2 Å². The molecule has 1 aromatic carbocycles. The fraction of sp³-hybridized carbons (Fsp3) is 0.375. The molecule has 3 N–H and O–H groups in total. The van der Waals surface area contributed by atoms with Crippen LogP contribution in [-0.4, -0.2) is 40.5 Å². The molecule has 0 atom stereocenters. The maximum atomic E-state index is 11.7. The third-order valence-electron chi connectivity index (χ3n) is 3.41. The first-order valence-electron chi connectivity index (χ1n) is 7.27. The topological polar surface area (TPSA) is 113 Å². The molecule has 7 nitrogen and oxygen atoms in total. The van der Waals surface area contributed by atoms with Gasteiger partial charge in [-0.25, -0.2) is 9.59 Å². The number of hydrogen-bond acceptors (Lipinski definition) is 7. The lowest BCUT2D eigenvalue weighted by Crippen LogP contribution is -2.16. The molecule has 1 aromatic rings. The number of hydrogen-bond donors (Lipinski definition) is 3. The molecule has 0 saturated heterocycles. The number of benzene rings is 1. The zero-order valence-corrected chi connectivity index (χ0v) is 12.4. The summed E-state index contributed by atoms with van der Waals surface area (Å²) >= 11 is 0. The van der Waals surface area contributed by atoms with Crippen LogP contribution < -0.4 is 0 Å². The predicted molar refractivity (Wildman–Crippen MR) is 79.2 cm³/mol. The van der Waals surface area contributed by atoms with E-state index in [0.717, 1.165) is 31.4 Å². The molecule has 0 heterocycles. The molecule has 7 heteroatoms. The van der Waals surface area contributed by atoms with Crippen LogP contribution in [0.4, 0.5) is 0 Å². The van der Waals surface area contributed by atoms with E-state index in [-0.39, 0.29) is 18.8 Å². The van der Waals surface area contributed by atoms with Gasteiger partial charge in [-0.1, -0.05) is 6.08 Å². The summed E-state index contributed by atoms with van der Waals surface area (Å²) in [5, 5.41) is 27.8. The lowest BCUT2D eigenvalue weighted by molar-refractivity contribution is -0.140. The summed E-state index contributed by atoms with van der Waals surface area (Å²) < 4.78 is 9.89. The van der Waals surface area contributed by atoms with Crippen LogP contribution in [0.25, 0.3) is 0 Å². The van der Waals surface area contributed by atoms with Crippen molar-refractivity contribution in [3.05, 3.63) is 29.3 Å². The first-order valence-corrected chi connectivity index (χ1v) is 7.27. The normalized spacial score (nSPS) is 14.0. The van der Waals surface area contributed by atoms with E-state index in [1.165, 1.54) is 0 Å². The lowest BCUT2D eigenvalue weighted by Gasteiger charge is -2.12. The van der Waals surface area contributed by atoms with Crippen molar-refractivity contribution < 1.29 is 34.4 Å². The van der Waals surface area contributed by atoms with Gasteiger partial charge in [0, 0.05) is 5.57 Å². The highest BCUT2D eigenvalue weighted by Crippen LogP contribution is 2.35. The van der Waals surface area contributed by atoms with E-state index in [4.69, 9.17) is 9.47 Å². The molecule has 124 valence electrons. The minimum absolute atomic E-state index is 0.0854. The Morgan fingerprint density at radius 1 is 0.957 bits per heavy atom. The molecular weight excluding hydrogens is 304 g/mol. The predicted octanol–water partition coefficient (Wildman–Crippen LogP) is 2.00.